The van der Waals surface area contributed by atoms with Crippen molar-refractivity contribution < 1.29 is 13.9 Å². The predicted octanol–water partition coefficient (Wildman–Crippen LogP) is 2.08. The summed E-state index contributed by atoms with van der Waals surface area (Å²) in [7, 11) is 0. The van der Waals surface area contributed by atoms with Gasteiger partial charge >= 0.3 is 0 Å². The highest BCUT2D eigenvalue weighted by Gasteiger charge is 2.23. The molecule has 0 spiro atoms. The van der Waals surface area contributed by atoms with Gasteiger partial charge in [-0.25, -0.2) is 8.78 Å². The Labute approximate surface area is 82.3 Å². The van der Waals surface area contributed by atoms with E-state index in [0.29, 0.717) is 0 Å². The number of nitrogens with zero attached hydrogens (tertiary/aromatic N) is 2. The van der Waals surface area contributed by atoms with Crippen LogP contribution in [0.4, 0.5) is 8.78 Å². The molecule has 1 unspecified atom stereocenters. The standard InChI is InChI=1S/C6H4Cl2F2N2O/c7-3-1-2(4(13)6(9)10)5(8)12-11-3/h1,4,6,13H. The summed E-state index contributed by atoms with van der Waals surface area (Å²) < 4.78 is 24.1. The first-order chi connectivity index (χ1) is 6.02. The van der Waals surface area contributed by atoms with Crippen molar-refractivity contribution >= 4 is 23.2 Å². The Hall–Kier alpha value is -0.520. The van der Waals surface area contributed by atoms with Crippen LogP contribution in [0.25, 0.3) is 0 Å². The van der Waals surface area contributed by atoms with E-state index >= 15 is 0 Å². The van der Waals surface area contributed by atoms with E-state index in [4.69, 9.17) is 28.3 Å². The summed E-state index contributed by atoms with van der Waals surface area (Å²) in [5.74, 6) is 0. The van der Waals surface area contributed by atoms with Gasteiger partial charge in [-0.2, -0.15) is 0 Å². The Morgan fingerprint density at radius 1 is 1.31 bits per heavy atom. The van der Waals surface area contributed by atoms with E-state index in [1.54, 1.807) is 0 Å². The van der Waals surface area contributed by atoms with Gasteiger partial charge < -0.3 is 5.11 Å². The molecular formula is C6H4Cl2F2N2O. The van der Waals surface area contributed by atoms with Crippen LogP contribution < -0.4 is 0 Å². The van der Waals surface area contributed by atoms with Crippen LogP contribution in [0.3, 0.4) is 0 Å². The van der Waals surface area contributed by atoms with Gasteiger partial charge in [0.25, 0.3) is 6.43 Å². The van der Waals surface area contributed by atoms with Gasteiger partial charge in [-0.3, -0.25) is 0 Å². The van der Waals surface area contributed by atoms with Crippen molar-refractivity contribution in [2.45, 2.75) is 12.5 Å². The Morgan fingerprint density at radius 3 is 2.46 bits per heavy atom. The van der Waals surface area contributed by atoms with Crippen molar-refractivity contribution in [2.75, 3.05) is 0 Å². The maximum atomic E-state index is 12.0. The molecule has 3 nitrogen and oxygen atoms in total. The van der Waals surface area contributed by atoms with Gasteiger partial charge in [-0.1, -0.05) is 23.2 Å². The van der Waals surface area contributed by atoms with Gasteiger partial charge in [0.2, 0.25) is 0 Å². The molecule has 0 amide bonds. The van der Waals surface area contributed by atoms with Crippen LogP contribution in [0.2, 0.25) is 10.3 Å². The average Bonchev–Trinajstić information content (AvgIpc) is 2.08. The molecule has 7 heteroatoms. The van der Waals surface area contributed by atoms with Crippen LogP contribution in [-0.2, 0) is 0 Å². The molecule has 0 aliphatic heterocycles. The SMILES string of the molecule is OC(c1cc(Cl)nnc1Cl)C(F)F. The lowest BCUT2D eigenvalue weighted by Crippen LogP contribution is -2.09. The predicted molar refractivity (Wildman–Crippen MR) is 43.0 cm³/mol. The number of hydrogen-bond donors (Lipinski definition) is 1. The monoisotopic (exact) mass is 228 g/mol. The van der Waals surface area contributed by atoms with Crippen molar-refractivity contribution in [3.63, 3.8) is 0 Å². The first kappa shape index (κ1) is 10.6. The zero-order valence-electron chi connectivity index (χ0n) is 6.09. The summed E-state index contributed by atoms with van der Waals surface area (Å²) in [5, 5.41) is 15.1. The van der Waals surface area contributed by atoms with Crippen molar-refractivity contribution in [1.29, 1.82) is 0 Å². The van der Waals surface area contributed by atoms with Crippen LogP contribution in [0.1, 0.15) is 11.7 Å². The van der Waals surface area contributed by atoms with Gasteiger partial charge in [0.1, 0.15) is 6.10 Å². The van der Waals surface area contributed by atoms with E-state index in [2.05, 4.69) is 10.2 Å². The molecule has 1 heterocycles. The van der Waals surface area contributed by atoms with Gasteiger partial charge in [0.05, 0.1) is 0 Å². The van der Waals surface area contributed by atoms with Crippen LogP contribution >= 0.6 is 23.2 Å². The van der Waals surface area contributed by atoms with E-state index in [1.807, 2.05) is 0 Å². The van der Waals surface area contributed by atoms with Crippen molar-refractivity contribution in [3.8, 4) is 0 Å². The first-order valence-corrected chi connectivity index (χ1v) is 3.93. The Morgan fingerprint density at radius 2 is 1.92 bits per heavy atom. The Balaban J connectivity index is 3.05. The molecule has 0 bridgehead atoms. The van der Waals surface area contributed by atoms with Gasteiger partial charge in [-0.15, -0.1) is 10.2 Å². The second-order valence-electron chi connectivity index (χ2n) is 2.19. The second-order valence-corrected chi connectivity index (χ2v) is 2.94. The lowest BCUT2D eigenvalue weighted by Gasteiger charge is -2.09. The minimum Gasteiger partial charge on any atom is -0.382 e. The van der Waals surface area contributed by atoms with E-state index in [9.17, 15) is 8.78 Å². The zero-order valence-corrected chi connectivity index (χ0v) is 7.60. The Bertz CT molecular complexity index is 311. The van der Waals surface area contributed by atoms with E-state index in [0.717, 1.165) is 6.07 Å². The topological polar surface area (TPSA) is 46.0 Å². The number of rotatable bonds is 2. The maximum Gasteiger partial charge on any atom is 0.268 e. The third-order valence-electron chi connectivity index (χ3n) is 1.30. The smallest absolute Gasteiger partial charge is 0.268 e. The average molecular weight is 229 g/mol. The van der Waals surface area contributed by atoms with Crippen LogP contribution in [-0.4, -0.2) is 21.7 Å². The number of hydrogen-bond acceptors (Lipinski definition) is 3. The third-order valence-corrected chi connectivity index (χ3v) is 1.78. The van der Waals surface area contributed by atoms with Crippen molar-refractivity contribution in [1.82, 2.24) is 10.2 Å². The normalized spacial score (nSPS) is 13.4. The summed E-state index contributed by atoms with van der Waals surface area (Å²) in [6.45, 7) is 0. The first-order valence-electron chi connectivity index (χ1n) is 3.17. The molecule has 72 valence electrons. The molecule has 0 aliphatic rings. The van der Waals surface area contributed by atoms with Gasteiger partial charge in [-0.05, 0) is 6.07 Å². The summed E-state index contributed by atoms with van der Waals surface area (Å²) >= 11 is 10.8. The number of aromatic nitrogens is 2. The molecule has 1 N–H and O–H groups in total. The highest BCUT2D eigenvalue weighted by molar-refractivity contribution is 6.31. The fourth-order valence-corrected chi connectivity index (χ4v) is 1.07. The molecule has 0 radical (unpaired) electrons. The fourth-order valence-electron chi connectivity index (χ4n) is 0.709. The fraction of sp³-hybridized carbons (Fsp3) is 0.333. The van der Waals surface area contributed by atoms with E-state index in [-0.39, 0.29) is 15.9 Å². The quantitative estimate of drug-likeness (QED) is 0.844. The number of aliphatic hydroxyl groups is 1. The lowest BCUT2D eigenvalue weighted by atomic mass is 10.2. The van der Waals surface area contributed by atoms with E-state index < -0.39 is 12.5 Å². The third kappa shape index (κ3) is 2.46. The number of alkyl halides is 2. The highest BCUT2D eigenvalue weighted by Crippen LogP contribution is 2.26. The largest absolute Gasteiger partial charge is 0.382 e. The molecule has 1 atom stereocenters. The molecule has 1 aromatic heterocycles. The van der Waals surface area contributed by atoms with E-state index in [1.165, 1.54) is 0 Å². The minimum absolute atomic E-state index is 0.0981. The van der Waals surface area contributed by atoms with Crippen molar-refractivity contribution in [3.05, 3.63) is 21.9 Å². The zero-order chi connectivity index (χ0) is 10.0. The van der Waals surface area contributed by atoms with Crippen molar-refractivity contribution in [2.24, 2.45) is 0 Å². The summed E-state index contributed by atoms with van der Waals surface area (Å²) in [4.78, 5) is 0. The summed E-state index contributed by atoms with van der Waals surface area (Å²) in [6, 6.07) is 1.05. The summed E-state index contributed by atoms with van der Waals surface area (Å²) in [6.07, 6.45) is -4.92. The number of aliphatic hydroxyl groups excluding tert-OH is 1. The Kier molecular flexibility index (Phi) is 3.35. The van der Waals surface area contributed by atoms with Gasteiger partial charge in [0.15, 0.2) is 10.3 Å². The highest BCUT2D eigenvalue weighted by atomic mass is 35.5. The van der Waals surface area contributed by atoms with Gasteiger partial charge in [0, 0.05) is 5.56 Å². The molecule has 13 heavy (non-hydrogen) atoms. The molecule has 0 aliphatic carbocycles. The molecule has 0 saturated carbocycles. The molecular weight excluding hydrogens is 225 g/mol. The minimum atomic E-state index is -2.93. The maximum absolute atomic E-state index is 12.0. The summed E-state index contributed by atoms with van der Waals surface area (Å²) in [5.41, 5.74) is -0.225. The number of halogens is 4. The molecule has 0 saturated heterocycles. The molecule has 0 aromatic carbocycles. The van der Waals surface area contributed by atoms with Crippen LogP contribution in [0.15, 0.2) is 6.07 Å². The molecule has 1 rings (SSSR count). The van der Waals surface area contributed by atoms with Crippen LogP contribution in [0, 0.1) is 0 Å². The molecule has 0 fully saturated rings. The van der Waals surface area contributed by atoms with Crippen LogP contribution in [0.5, 0.6) is 0 Å². The second kappa shape index (κ2) is 4.13. The molecule has 1 aromatic rings. The lowest BCUT2D eigenvalue weighted by molar-refractivity contribution is -0.00597.